The molecule has 0 atom stereocenters. The van der Waals surface area contributed by atoms with Crippen molar-refractivity contribution in [2.45, 2.75) is 26.4 Å². The summed E-state index contributed by atoms with van der Waals surface area (Å²) in [5.41, 5.74) is 0.905. The minimum Gasteiger partial charge on any atom is -0.475 e. The van der Waals surface area contributed by atoms with Crippen molar-refractivity contribution in [3.8, 4) is 17.4 Å². The maximum Gasteiger partial charge on any atom is 0.257 e. The summed E-state index contributed by atoms with van der Waals surface area (Å²) in [6, 6.07) is 20.0. The van der Waals surface area contributed by atoms with Gasteiger partial charge in [0.05, 0.1) is 17.8 Å². The number of nitrogens with one attached hydrogen (secondary N) is 1. The number of benzene rings is 2. The number of amides is 1. The van der Waals surface area contributed by atoms with Crippen molar-refractivity contribution in [2.24, 2.45) is 0 Å². The van der Waals surface area contributed by atoms with Crippen LogP contribution in [0.3, 0.4) is 0 Å². The Morgan fingerprint density at radius 2 is 1.60 bits per heavy atom. The highest BCUT2D eigenvalue weighted by Crippen LogP contribution is 2.23. The Balaban J connectivity index is 1.49. The van der Waals surface area contributed by atoms with E-state index in [4.69, 9.17) is 14.2 Å². The van der Waals surface area contributed by atoms with Gasteiger partial charge in [-0.25, -0.2) is 4.98 Å². The summed E-state index contributed by atoms with van der Waals surface area (Å²) in [5.74, 6) is 1.65. The van der Waals surface area contributed by atoms with Crippen molar-refractivity contribution in [1.82, 2.24) is 4.98 Å². The topological polar surface area (TPSA) is 69.7 Å². The molecule has 0 aliphatic rings. The van der Waals surface area contributed by atoms with E-state index < -0.39 is 0 Å². The van der Waals surface area contributed by atoms with Crippen LogP contribution in [-0.4, -0.2) is 29.7 Å². The molecule has 3 rings (SSSR count). The number of anilines is 1. The van der Waals surface area contributed by atoms with Crippen molar-refractivity contribution < 1.29 is 19.0 Å². The summed E-state index contributed by atoms with van der Waals surface area (Å²) in [7, 11) is 0. The molecule has 6 nitrogen and oxygen atoms in total. The van der Waals surface area contributed by atoms with Gasteiger partial charge in [0, 0.05) is 18.0 Å². The van der Waals surface area contributed by atoms with E-state index in [2.05, 4.69) is 10.3 Å². The van der Waals surface area contributed by atoms with E-state index in [-0.39, 0.29) is 11.5 Å². The monoisotopic (exact) mass is 406 g/mol. The number of hydrogen-bond acceptors (Lipinski definition) is 5. The molecule has 1 heterocycles. The Morgan fingerprint density at radius 3 is 2.23 bits per heavy atom. The largest absolute Gasteiger partial charge is 0.475 e. The van der Waals surface area contributed by atoms with Gasteiger partial charge in [0.25, 0.3) is 5.91 Å². The van der Waals surface area contributed by atoms with Crippen LogP contribution in [0, 0.1) is 0 Å². The minimum atomic E-state index is -0.248. The molecule has 1 amide bonds. The van der Waals surface area contributed by atoms with Gasteiger partial charge in [-0.3, -0.25) is 4.79 Å². The zero-order valence-corrected chi connectivity index (χ0v) is 17.4. The normalized spacial score (nSPS) is 11.0. The number of pyridine rings is 1. The molecule has 30 heavy (non-hydrogen) atoms. The lowest BCUT2D eigenvalue weighted by molar-refractivity contribution is -0.0168. The molecule has 156 valence electrons. The van der Waals surface area contributed by atoms with E-state index in [9.17, 15) is 4.79 Å². The van der Waals surface area contributed by atoms with Gasteiger partial charge < -0.3 is 19.5 Å². The van der Waals surface area contributed by atoms with E-state index in [1.807, 2.05) is 51.1 Å². The Hall–Kier alpha value is -3.38. The first-order chi connectivity index (χ1) is 14.4. The molecule has 0 aliphatic carbocycles. The quantitative estimate of drug-likeness (QED) is 0.513. The highest BCUT2D eigenvalue weighted by molar-refractivity contribution is 6.04. The first-order valence-electron chi connectivity index (χ1n) is 9.76. The fraction of sp³-hybridized carbons (Fsp3) is 0.250. The average Bonchev–Trinajstić information content (AvgIpc) is 2.73. The lowest BCUT2D eigenvalue weighted by Crippen LogP contribution is -2.22. The number of ether oxygens (including phenoxy) is 3. The zero-order valence-electron chi connectivity index (χ0n) is 17.4. The maximum absolute atomic E-state index is 12.4. The number of hydrogen-bond donors (Lipinski definition) is 1. The Labute approximate surface area is 176 Å². The number of aromatic nitrogens is 1. The van der Waals surface area contributed by atoms with Crippen molar-refractivity contribution in [3.63, 3.8) is 0 Å². The van der Waals surface area contributed by atoms with Crippen LogP contribution in [0.5, 0.6) is 17.4 Å². The van der Waals surface area contributed by atoms with Crippen molar-refractivity contribution in [2.75, 3.05) is 18.5 Å². The van der Waals surface area contributed by atoms with Crippen molar-refractivity contribution in [3.05, 3.63) is 78.5 Å². The average molecular weight is 406 g/mol. The zero-order chi connectivity index (χ0) is 21.4. The van der Waals surface area contributed by atoms with E-state index in [0.717, 1.165) is 5.75 Å². The predicted molar refractivity (Wildman–Crippen MR) is 116 cm³/mol. The van der Waals surface area contributed by atoms with Gasteiger partial charge in [0.1, 0.15) is 18.1 Å². The predicted octanol–water partition coefficient (Wildman–Crippen LogP) is 5.32. The molecule has 0 saturated heterocycles. The lowest BCUT2D eigenvalue weighted by Gasteiger charge is -2.19. The molecular weight excluding hydrogens is 380 g/mol. The van der Waals surface area contributed by atoms with E-state index in [1.54, 1.807) is 36.4 Å². The molecule has 3 aromatic rings. The molecule has 6 heteroatoms. The SMILES string of the molecule is CC(C)(C)OCCOc1ccc(C(=O)Nc2ccc(Oc3ccccc3)cc2)cn1. The summed E-state index contributed by atoms with van der Waals surface area (Å²) in [4.78, 5) is 16.6. The van der Waals surface area contributed by atoms with Crippen LogP contribution in [0.15, 0.2) is 72.9 Å². The Bertz CT molecular complexity index is 934. The Morgan fingerprint density at radius 1 is 0.900 bits per heavy atom. The van der Waals surface area contributed by atoms with Crippen molar-refractivity contribution >= 4 is 11.6 Å². The van der Waals surface area contributed by atoms with Gasteiger partial charge in [-0.05, 0) is 63.2 Å². The van der Waals surface area contributed by atoms with E-state index in [1.165, 1.54) is 6.20 Å². The third kappa shape index (κ3) is 6.90. The first kappa shape index (κ1) is 21.3. The second-order valence-electron chi connectivity index (χ2n) is 7.59. The van der Waals surface area contributed by atoms with E-state index in [0.29, 0.717) is 36.1 Å². The van der Waals surface area contributed by atoms with Crippen molar-refractivity contribution in [1.29, 1.82) is 0 Å². The fourth-order valence-electron chi connectivity index (χ4n) is 2.53. The number of carbonyl (C=O) groups excluding carboxylic acids is 1. The standard InChI is InChI=1S/C24H26N2O4/c1-24(2,3)29-16-15-28-22-14-9-18(17-25-22)23(27)26-19-10-12-21(13-11-19)30-20-7-5-4-6-8-20/h4-14,17H,15-16H2,1-3H3,(H,26,27). The highest BCUT2D eigenvalue weighted by Gasteiger charge is 2.10. The van der Waals surface area contributed by atoms with Gasteiger partial charge in [0.15, 0.2) is 0 Å². The number of carbonyl (C=O) groups is 1. The van der Waals surface area contributed by atoms with Gasteiger partial charge in [0.2, 0.25) is 5.88 Å². The molecule has 1 aromatic heterocycles. The second kappa shape index (κ2) is 9.89. The Kier molecular flexibility index (Phi) is 7.03. The smallest absolute Gasteiger partial charge is 0.257 e. The summed E-state index contributed by atoms with van der Waals surface area (Å²) in [6.07, 6.45) is 1.49. The van der Waals surface area contributed by atoms with E-state index >= 15 is 0 Å². The molecule has 0 aliphatic heterocycles. The molecule has 0 fully saturated rings. The van der Waals surface area contributed by atoms with Gasteiger partial charge in [-0.2, -0.15) is 0 Å². The van der Waals surface area contributed by atoms with Gasteiger partial charge in [-0.15, -0.1) is 0 Å². The number of para-hydroxylation sites is 1. The van der Waals surface area contributed by atoms with Crippen LogP contribution in [0.25, 0.3) is 0 Å². The van der Waals surface area contributed by atoms with Crippen LogP contribution in [-0.2, 0) is 4.74 Å². The maximum atomic E-state index is 12.4. The number of nitrogens with zero attached hydrogens (tertiary/aromatic N) is 1. The molecule has 0 saturated carbocycles. The van der Waals surface area contributed by atoms with Gasteiger partial charge >= 0.3 is 0 Å². The van der Waals surface area contributed by atoms with Crippen LogP contribution in [0.4, 0.5) is 5.69 Å². The van der Waals surface area contributed by atoms with Crippen LogP contribution >= 0.6 is 0 Å². The summed E-state index contributed by atoms with van der Waals surface area (Å²) >= 11 is 0. The third-order valence-electron chi connectivity index (χ3n) is 3.96. The molecule has 2 aromatic carbocycles. The summed E-state index contributed by atoms with van der Waals surface area (Å²) in [5, 5.41) is 2.84. The second-order valence-corrected chi connectivity index (χ2v) is 7.59. The minimum absolute atomic E-state index is 0.204. The molecule has 0 bridgehead atoms. The molecule has 0 spiro atoms. The summed E-state index contributed by atoms with van der Waals surface area (Å²) in [6.45, 7) is 6.83. The molecule has 1 N–H and O–H groups in total. The number of rotatable bonds is 8. The first-order valence-corrected chi connectivity index (χ1v) is 9.76. The highest BCUT2D eigenvalue weighted by atomic mass is 16.5. The molecular formula is C24H26N2O4. The van der Waals surface area contributed by atoms with Crippen LogP contribution in [0.2, 0.25) is 0 Å². The van der Waals surface area contributed by atoms with Crippen LogP contribution < -0.4 is 14.8 Å². The summed E-state index contributed by atoms with van der Waals surface area (Å²) < 4.78 is 16.9. The third-order valence-corrected chi connectivity index (χ3v) is 3.96. The fourth-order valence-corrected chi connectivity index (χ4v) is 2.53. The lowest BCUT2D eigenvalue weighted by atomic mass is 10.2. The molecule has 0 unspecified atom stereocenters. The van der Waals surface area contributed by atoms with Gasteiger partial charge in [-0.1, -0.05) is 18.2 Å². The van der Waals surface area contributed by atoms with Crippen LogP contribution in [0.1, 0.15) is 31.1 Å². The molecule has 0 radical (unpaired) electrons.